The van der Waals surface area contributed by atoms with Crippen molar-refractivity contribution in [2.24, 2.45) is 17.6 Å². The minimum atomic E-state index is -0.723. The van der Waals surface area contributed by atoms with Crippen LogP contribution < -0.4 is 17.0 Å². The van der Waals surface area contributed by atoms with Crippen molar-refractivity contribution in [3.63, 3.8) is 0 Å². The van der Waals surface area contributed by atoms with Crippen molar-refractivity contribution in [2.45, 2.75) is 155 Å². The van der Waals surface area contributed by atoms with Crippen molar-refractivity contribution in [1.29, 1.82) is 0 Å². The third kappa shape index (κ3) is 16.1. The van der Waals surface area contributed by atoms with Crippen LogP contribution in [0.25, 0.3) is 11.2 Å². The molecule has 5 N–H and O–H groups in total. The molecule has 0 amide bonds. The van der Waals surface area contributed by atoms with E-state index >= 15 is 0 Å². The number of esters is 2. The van der Waals surface area contributed by atoms with E-state index in [0.717, 1.165) is 19.3 Å². The normalized spacial score (nSPS) is 12.9. The summed E-state index contributed by atoms with van der Waals surface area (Å²) < 4.78 is 12.8. The number of aromatic nitrogens is 4. The Balaban J connectivity index is 1.62. The van der Waals surface area contributed by atoms with Crippen LogP contribution in [0.3, 0.4) is 0 Å². The largest absolute Gasteiger partial charge is 0.465 e. The van der Waals surface area contributed by atoms with Crippen LogP contribution in [-0.2, 0) is 25.6 Å². The Bertz CT molecular complexity index is 1180. The van der Waals surface area contributed by atoms with Gasteiger partial charge < -0.3 is 25.5 Å². The third-order valence-electron chi connectivity index (χ3n) is 8.69. The van der Waals surface area contributed by atoms with Gasteiger partial charge in [-0.05, 0) is 18.8 Å². The molecule has 0 spiro atoms. The third-order valence-corrected chi connectivity index (χ3v) is 8.69. The van der Waals surface area contributed by atoms with E-state index in [0.29, 0.717) is 25.0 Å². The molecule has 2 atom stereocenters. The highest BCUT2D eigenvalue weighted by Gasteiger charge is 2.22. The highest BCUT2D eigenvalue weighted by atomic mass is 16.5. The van der Waals surface area contributed by atoms with Gasteiger partial charge in [-0.3, -0.25) is 19.4 Å². The monoisotopic (exact) mass is 646 g/mol. The van der Waals surface area contributed by atoms with E-state index in [1.807, 2.05) is 13.8 Å². The smallest absolute Gasteiger partial charge is 0.323 e. The van der Waals surface area contributed by atoms with Gasteiger partial charge in [0.1, 0.15) is 6.04 Å². The molecule has 11 heteroatoms. The number of aryl methyl sites for hydroxylation is 1. The van der Waals surface area contributed by atoms with E-state index in [4.69, 9.17) is 20.9 Å². The van der Waals surface area contributed by atoms with Crippen LogP contribution in [-0.4, -0.2) is 50.7 Å². The summed E-state index contributed by atoms with van der Waals surface area (Å²) >= 11 is 0. The average Bonchev–Trinajstić information content (AvgIpc) is 3.44. The number of hydrogen-bond donors (Lipinski definition) is 3. The Labute approximate surface area is 276 Å². The van der Waals surface area contributed by atoms with E-state index in [2.05, 4.69) is 21.9 Å². The number of carbonyl (C=O) groups excluding carboxylic acids is 2. The Hall–Kier alpha value is -2.95. The molecule has 0 fully saturated rings. The summed E-state index contributed by atoms with van der Waals surface area (Å²) in [6.45, 7) is 6.58. The Morgan fingerprint density at radius 2 is 1.37 bits per heavy atom. The number of anilines is 1. The van der Waals surface area contributed by atoms with E-state index in [-0.39, 0.29) is 42.5 Å². The van der Waals surface area contributed by atoms with Gasteiger partial charge in [-0.15, -0.1) is 0 Å². The summed E-state index contributed by atoms with van der Waals surface area (Å²) in [5.74, 6) is -1.04. The molecule has 0 saturated heterocycles. The van der Waals surface area contributed by atoms with Gasteiger partial charge in [-0.25, -0.2) is 4.98 Å². The number of carbonyl (C=O) groups is 2. The number of aromatic amines is 1. The number of hydrogen-bond acceptors (Lipinski definition) is 9. The van der Waals surface area contributed by atoms with Crippen LogP contribution in [0, 0.1) is 11.8 Å². The average molecular weight is 647 g/mol. The predicted octanol–water partition coefficient (Wildman–Crippen LogP) is 6.82. The summed E-state index contributed by atoms with van der Waals surface area (Å²) in [5, 5.41) is 0. The number of nitrogens with two attached hydrogens (primary N) is 2. The maximum atomic E-state index is 12.5. The number of imidazole rings is 1. The summed E-state index contributed by atoms with van der Waals surface area (Å²) in [6.07, 6.45) is 24.4. The van der Waals surface area contributed by atoms with E-state index in [1.165, 1.54) is 96.2 Å². The lowest BCUT2D eigenvalue weighted by Crippen LogP contribution is -2.38. The molecule has 0 aliphatic heterocycles. The van der Waals surface area contributed by atoms with E-state index in [9.17, 15) is 14.4 Å². The second kappa shape index (κ2) is 23.4. The molecular formula is C35H62N6O5. The van der Waals surface area contributed by atoms with Crippen molar-refractivity contribution in [3.8, 4) is 0 Å². The summed E-state index contributed by atoms with van der Waals surface area (Å²) in [7, 11) is 0. The molecule has 2 aromatic heterocycles. The lowest BCUT2D eigenvalue weighted by atomic mass is 10.0. The zero-order valence-electron chi connectivity index (χ0n) is 28.9. The maximum Gasteiger partial charge on any atom is 0.323 e. The Morgan fingerprint density at radius 3 is 1.91 bits per heavy atom. The topological polar surface area (TPSA) is 168 Å². The number of unbranched alkanes of at least 4 members (excludes halogenated alkanes) is 16. The van der Waals surface area contributed by atoms with E-state index < -0.39 is 17.6 Å². The standard InChI is InChI=1S/C35H62N6O5/c1-4-5-6-7-8-9-10-11-12-13-14-15-16-17-18-19-20-21-29(42)45-24-28(25-46-34(44)30(36)27(2)3)22-23-41-26-38-31-32(41)39-35(37)40-33(31)43/h26-28,30H,4-25,36H2,1-3H3,(H3,37,39,40,43)/t28?,30-/m0/s1. The Morgan fingerprint density at radius 1 is 0.848 bits per heavy atom. The fourth-order valence-electron chi connectivity index (χ4n) is 5.52. The van der Waals surface area contributed by atoms with Crippen molar-refractivity contribution in [1.82, 2.24) is 19.5 Å². The minimum absolute atomic E-state index is 0.00526. The fraction of sp³-hybridized carbons (Fsp3) is 0.800. The first kappa shape index (κ1) is 39.2. The summed E-state index contributed by atoms with van der Waals surface area (Å²) in [6, 6.07) is -0.723. The lowest BCUT2D eigenvalue weighted by molar-refractivity contribution is -0.150. The Kier molecular flexibility index (Phi) is 19.9. The van der Waals surface area contributed by atoms with Crippen LogP contribution in [0.2, 0.25) is 0 Å². The number of nitrogens with one attached hydrogen (secondary N) is 1. The van der Waals surface area contributed by atoms with Crippen molar-refractivity contribution < 1.29 is 19.1 Å². The first-order chi connectivity index (χ1) is 22.2. The fourth-order valence-corrected chi connectivity index (χ4v) is 5.52. The highest BCUT2D eigenvalue weighted by molar-refractivity contribution is 5.75. The molecule has 2 heterocycles. The predicted molar refractivity (Wildman–Crippen MR) is 184 cm³/mol. The highest BCUT2D eigenvalue weighted by Crippen LogP contribution is 2.16. The van der Waals surface area contributed by atoms with Crippen molar-refractivity contribution in [2.75, 3.05) is 18.9 Å². The van der Waals surface area contributed by atoms with Crippen LogP contribution in [0.5, 0.6) is 0 Å². The first-order valence-corrected chi connectivity index (χ1v) is 18.0. The van der Waals surface area contributed by atoms with Crippen LogP contribution in [0.4, 0.5) is 5.95 Å². The lowest BCUT2D eigenvalue weighted by Gasteiger charge is -2.20. The van der Waals surface area contributed by atoms with Gasteiger partial charge in [0.05, 0.1) is 19.5 Å². The van der Waals surface area contributed by atoms with Gasteiger partial charge in [-0.1, -0.05) is 124 Å². The molecule has 2 aromatic rings. The molecule has 0 bridgehead atoms. The van der Waals surface area contributed by atoms with Gasteiger partial charge in [0.15, 0.2) is 11.2 Å². The number of H-pyrrole nitrogens is 1. The molecule has 1 unspecified atom stereocenters. The molecule has 0 aromatic carbocycles. The summed E-state index contributed by atoms with van der Waals surface area (Å²) in [5.41, 5.74) is 11.8. The molecule has 262 valence electrons. The van der Waals surface area contributed by atoms with Gasteiger partial charge >= 0.3 is 11.9 Å². The van der Waals surface area contributed by atoms with Crippen LogP contribution >= 0.6 is 0 Å². The van der Waals surface area contributed by atoms with Gasteiger partial charge in [0, 0.05) is 18.9 Å². The number of nitrogens with zero attached hydrogens (tertiary/aromatic N) is 3. The van der Waals surface area contributed by atoms with Gasteiger partial charge in [0.2, 0.25) is 5.95 Å². The quantitative estimate of drug-likeness (QED) is 0.0696. The molecule has 0 aliphatic rings. The van der Waals surface area contributed by atoms with Crippen molar-refractivity contribution in [3.05, 3.63) is 16.7 Å². The summed E-state index contributed by atoms with van der Waals surface area (Å²) in [4.78, 5) is 47.7. The van der Waals surface area contributed by atoms with E-state index in [1.54, 1.807) is 4.57 Å². The molecule has 0 radical (unpaired) electrons. The maximum absolute atomic E-state index is 12.5. The molecule has 11 nitrogen and oxygen atoms in total. The van der Waals surface area contributed by atoms with Crippen LogP contribution in [0.15, 0.2) is 11.1 Å². The van der Waals surface area contributed by atoms with Crippen LogP contribution in [0.1, 0.15) is 143 Å². The number of nitrogen functional groups attached to an aromatic ring is 1. The zero-order valence-corrected chi connectivity index (χ0v) is 28.9. The van der Waals surface area contributed by atoms with Gasteiger partial charge in [-0.2, -0.15) is 4.98 Å². The molecule has 0 aliphatic carbocycles. The first-order valence-electron chi connectivity index (χ1n) is 18.0. The number of fused-ring (bicyclic) bond motifs is 1. The SMILES string of the molecule is CCCCCCCCCCCCCCCCCCCC(=O)OCC(CCn1cnc2c(=O)[nH]c(N)nc21)COC(=O)[C@@H](N)C(C)C. The molecule has 46 heavy (non-hydrogen) atoms. The number of ether oxygens (including phenoxy) is 2. The number of rotatable bonds is 27. The minimum Gasteiger partial charge on any atom is -0.465 e. The zero-order chi connectivity index (χ0) is 33.6. The van der Waals surface area contributed by atoms with Gasteiger partial charge in [0.25, 0.3) is 5.56 Å². The molecule has 0 saturated carbocycles. The second-order valence-corrected chi connectivity index (χ2v) is 13.2. The molecule has 2 rings (SSSR count). The molecular weight excluding hydrogens is 584 g/mol. The van der Waals surface area contributed by atoms with Crippen molar-refractivity contribution >= 4 is 29.1 Å². The second-order valence-electron chi connectivity index (χ2n) is 13.2.